The van der Waals surface area contributed by atoms with Crippen molar-refractivity contribution >= 4 is 5.97 Å². The molecule has 1 aromatic heterocycles. The average Bonchev–Trinajstić information content (AvgIpc) is 3.42. The smallest absolute Gasteiger partial charge is 0.304 e. The number of hydrogen-bond donors (Lipinski definition) is 1. The standard InChI is InChI=1S/C32H35F2NO4/c1-31(2)12-5-6-24(31)22-14-19(7-9-21(22)23-15-27(38-4)35-17-25(23)33)18-39-26-10-8-20-11-13-32(3,16-28(36)37)29(20)30(26)34/h7-10,14-15,17,24H,5-6,11-13,16,18H2,1-4H3,(H,36,37)/t24-,32-/m0/s1. The third kappa shape index (κ3) is 5.11. The van der Waals surface area contributed by atoms with E-state index in [9.17, 15) is 14.3 Å². The van der Waals surface area contributed by atoms with E-state index >= 15 is 4.39 Å². The maximum Gasteiger partial charge on any atom is 0.304 e. The van der Waals surface area contributed by atoms with Gasteiger partial charge in [-0.05, 0) is 65.3 Å². The highest BCUT2D eigenvalue weighted by atomic mass is 19.1. The van der Waals surface area contributed by atoms with Gasteiger partial charge in [-0.15, -0.1) is 0 Å². The van der Waals surface area contributed by atoms with Gasteiger partial charge in [-0.3, -0.25) is 4.79 Å². The summed E-state index contributed by atoms with van der Waals surface area (Å²) in [6.07, 6.45) is 5.46. The van der Waals surface area contributed by atoms with Crippen LogP contribution in [0.1, 0.15) is 81.0 Å². The number of aromatic nitrogens is 1. The van der Waals surface area contributed by atoms with Gasteiger partial charge in [0, 0.05) is 22.6 Å². The number of halogens is 2. The van der Waals surface area contributed by atoms with Gasteiger partial charge in [0.15, 0.2) is 11.6 Å². The summed E-state index contributed by atoms with van der Waals surface area (Å²) in [5.74, 6) is -1.15. The molecule has 7 heteroatoms. The van der Waals surface area contributed by atoms with Crippen molar-refractivity contribution in [2.45, 2.75) is 77.2 Å². The van der Waals surface area contributed by atoms with E-state index in [1.54, 1.807) is 19.1 Å². The number of rotatable bonds is 8. The Labute approximate surface area is 228 Å². The molecule has 0 bridgehead atoms. The van der Waals surface area contributed by atoms with Gasteiger partial charge < -0.3 is 14.6 Å². The lowest BCUT2D eigenvalue weighted by atomic mass is 9.75. The lowest BCUT2D eigenvalue weighted by Gasteiger charge is -2.30. The maximum atomic E-state index is 15.7. The minimum Gasteiger partial charge on any atom is -0.486 e. The van der Waals surface area contributed by atoms with Gasteiger partial charge in [0.2, 0.25) is 5.88 Å². The molecule has 39 heavy (non-hydrogen) atoms. The molecule has 0 saturated heterocycles. The van der Waals surface area contributed by atoms with Crippen LogP contribution in [0.2, 0.25) is 0 Å². The van der Waals surface area contributed by atoms with E-state index in [1.807, 2.05) is 18.2 Å². The molecular formula is C32H35F2NO4. The molecule has 1 saturated carbocycles. The highest BCUT2D eigenvalue weighted by molar-refractivity contribution is 5.71. The molecule has 0 radical (unpaired) electrons. The number of aliphatic carboxylic acids is 1. The number of nitrogens with zero attached hydrogens (tertiary/aromatic N) is 1. The molecule has 2 aliphatic rings. The molecule has 2 atom stereocenters. The number of carboxylic acids is 1. The number of carboxylic acid groups (broad SMARTS) is 1. The van der Waals surface area contributed by atoms with Gasteiger partial charge in [0.1, 0.15) is 12.4 Å². The average molecular weight is 536 g/mol. The van der Waals surface area contributed by atoms with Crippen molar-refractivity contribution in [3.8, 4) is 22.8 Å². The summed E-state index contributed by atoms with van der Waals surface area (Å²) in [6, 6.07) is 10.9. The Bertz CT molecular complexity index is 1420. The van der Waals surface area contributed by atoms with Crippen LogP contribution in [0.25, 0.3) is 11.1 Å². The number of pyridine rings is 1. The Morgan fingerprint density at radius 1 is 1.10 bits per heavy atom. The molecule has 5 nitrogen and oxygen atoms in total. The molecule has 0 amide bonds. The number of carbonyl (C=O) groups is 1. The summed E-state index contributed by atoms with van der Waals surface area (Å²) in [6.45, 7) is 6.43. The predicted octanol–water partition coefficient (Wildman–Crippen LogP) is 7.59. The van der Waals surface area contributed by atoms with Crippen molar-refractivity contribution in [2.75, 3.05) is 7.11 Å². The van der Waals surface area contributed by atoms with Crippen molar-refractivity contribution in [3.63, 3.8) is 0 Å². The summed E-state index contributed by atoms with van der Waals surface area (Å²) in [5.41, 5.74) is 3.70. The lowest BCUT2D eigenvalue weighted by Crippen LogP contribution is -2.24. The van der Waals surface area contributed by atoms with Crippen LogP contribution < -0.4 is 9.47 Å². The second-order valence-corrected chi connectivity index (χ2v) is 11.9. The molecule has 3 aromatic rings. The Hall–Kier alpha value is -3.48. The quantitative estimate of drug-likeness (QED) is 0.322. The molecule has 1 fully saturated rings. The topological polar surface area (TPSA) is 68.7 Å². The van der Waals surface area contributed by atoms with Crippen LogP contribution >= 0.6 is 0 Å². The lowest BCUT2D eigenvalue weighted by molar-refractivity contribution is -0.138. The van der Waals surface area contributed by atoms with E-state index in [0.29, 0.717) is 29.8 Å². The zero-order valence-corrected chi connectivity index (χ0v) is 22.9. The summed E-state index contributed by atoms with van der Waals surface area (Å²) in [5, 5.41) is 9.39. The molecule has 0 aliphatic heterocycles. The molecule has 206 valence electrons. The number of fused-ring (bicyclic) bond motifs is 1. The van der Waals surface area contributed by atoms with E-state index < -0.39 is 23.0 Å². The molecular weight excluding hydrogens is 500 g/mol. The second-order valence-electron chi connectivity index (χ2n) is 11.9. The molecule has 1 N–H and O–H groups in total. The first-order chi connectivity index (χ1) is 18.5. The fourth-order valence-corrected chi connectivity index (χ4v) is 6.65. The summed E-state index contributed by atoms with van der Waals surface area (Å²) < 4.78 is 41.9. The summed E-state index contributed by atoms with van der Waals surface area (Å²) in [4.78, 5) is 15.5. The number of benzene rings is 2. The highest BCUT2D eigenvalue weighted by Gasteiger charge is 2.40. The molecule has 2 aliphatic carbocycles. The summed E-state index contributed by atoms with van der Waals surface area (Å²) in [7, 11) is 1.51. The van der Waals surface area contributed by atoms with Crippen LogP contribution in [-0.4, -0.2) is 23.2 Å². The zero-order chi connectivity index (χ0) is 27.9. The van der Waals surface area contributed by atoms with E-state index in [4.69, 9.17) is 9.47 Å². The Morgan fingerprint density at radius 2 is 1.90 bits per heavy atom. The fraction of sp³-hybridized carbons (Fsp3) is 0.438. The highest BCUT2D eigenvalue weighted by Crippen LogP contribution is 2.51. The minimum atomic E-state index is -0.943. The van der Waals surface area contributed by atoms with Crippen LogP contribution in [0.3, 0.4) is 0 Å². The van der Waals surface area contributed by atoms with Gasteiger partial charge in [0.05, 0.1) is 19.7 Å². The van der Waals surface area contributed by atoms with Gasteiger partial charge >= 0.3 is 5.97 Å². The van der Waals surface area contributed by atoms with Crippen LogP contribution in [0.15, 0.2) is 42.6 Å². The van der Waals surface area contributed by atoms with Crippen molar-refractivity contribution < 1.29 is 28.2 Å². The van der Waals surface area contributed by atoms with Crippen molar-refractivity contribution in [1.29, 1.82) is 0 Å². The van der Waals surface area contributed by atoms with E-state index in [0.717, 1.165) is 41.5 Å². The van der Waals surface area contributed by atoms with Crippen LogP contribution in [-0.2, 0) is 23.2 Å². The normalized spacial score (nSPS) is 21.5. The van der Waals surface area contributed by atoms with Crippen LogP contribution in [0.4, 0.5) is 8.78 Å². The second kappa shape index (κ2) is 10.2. The molecule has 5 rings (SSSR count). The Balaban J connectivity index is 1.49. The third-order valence-corrected chi connectivity index (χ3v) is 8.76. The van der Waals surface area contributed by atoms with Crippen molar-refractivity contribution in [1.82, 2.24) is 4.98 Å². The molecule has 2 aromatic carbocycles. The van der Waals surface area contributed by atoms with Gasteiger partial charge in [-0.2, -0.15) is 0 Å². The van der Waals surface area contributed by atoms with E-state index in [-0.39, 0.29) is 30.1 Å². The zero-order valence-electron chi connectivity index (χ0n) is 22.9. The molecule has 1 heterocycles. The maximum absolute atomic E-state index is 15.7. The number of ether oxygens (including phenoxy) is 2. The summed E-state index contributed by atoms with van der Waals surface area (Å²) >= 11 is 0. The third-order valence-electron chi connectivity index (χ3n) is 8.76. The fourth-order valence-electron chi connectivity index (χ4n) is 6.65. The minimum absolute atomic E-state index is 0.0442. The van der Waals surface area contributed by atoms with Crippen LogP contribution in [0, 0.1) is 17.0 Å². The first-order valence-corrected chi connectivity index (χ1v) is 13.5. The number of methoxy groups -OCH3 is 1. The number of aryl methyl sites for hydroxylation is 1. The Kier molecular flexibility index (Phi) is 7.12. The first kappa shape index (κ1) is 27.1. The Morgan fingerprint density at radius 3 is 2.59 bits per heavy atom. The predicted molar refractivity (Wildman–Crippen MR) is 145 cm³/mol. The van der Waals surface area contributed by atoms with Crippen molar-refractivity contribution in [2.24, 2.45) is 5.41 Å². The van der Waals surface area contributed by atoms with E-state index in [1.165, 1.54) is 13.3 Å². The van der Waals surface area contributed by atoms with Gasteiger partial charge in [-0.1, -0.05) is 51.5 Å². The molecule has 0 unspecified atom stereocenters. The molecule has 0 spiro atoms. The largest absolute Gasteiger partial charge is 0.486 e. The number of hydrogen-bond acceptors (Lipinski definition) is 4. The monoisotopic (exact) mass is 535 g/mol. The van der Waals surface area contributed by atoms with Crippen LogP contribution in [0.5, 0.6) is 11.6 Å². The van der Waals surface area contributed by atoms with Gasteiger partial charge in [-0.25, -0.2) is 13.8 Å². The van der Waals surface area contributed by atoms with Crippen molar-refractivity contribution in [3.05, 3.63) is 76.5 Å². The first-order valence-electron chi connectivity index (χ1n) is 13.5. The van der Waals surface area contributed by atoms with Gasteiger partial charge in [0.25, 0.3) is 0 Å². The SMILES string of the molecule is COc1cc(-c2ccc(COc3ccc4c(c3F)[C@](C)(CC(=O)O)CC4)cc2[C@@H]2CCCC2(C)C)c(F)cn1. The van der Waals surface area contributed by atoms with E-state index in [2.05, 4.69) is 24.9 Å².